The van der Waals surface area contributed by atoms with E-state index < -0.39 is 0 Å². The smallest absolute Gasteiger partial charge is 0.0326 e. The van der Waals surface area contributed by atoms with E-state index >= 15 is 0 Å². The summed E-state index contributed by atoms with van der Waals surface area (Å²) in [4.78, 5) is 0. The molecule has 1 unspecified atom stereocenters. The Kier molecular flexibility index (Phi) is 2.51. The Morgan fingerprint density at radius 1 is 1.31 bits per heavy atom. The van der Waals surface area contributed by atoms with E-state index in [1.807, 2.05) is 0 Å². The first-order chi connectivity index (χ1) is 7.77. The number of nitrogens with one attached hydrogen (secondary N) is 1. The molecular formula is C15H21N. The standard InChI is InChI=1S/C15H21N/c1-15(9-4-10-15)11-16-14-8-7-12-5-2-3-6-13(12)14/h2-3,5-6,14,16H,4,7-11H2,1H3. The molecule has 0 bridgehead atoms. The van der Waals surface area contributed by atoms with Crippen molar-refractivity contribution in [2.75, 3.05) is 6.54 Å². The van der Waals surface area contributed by atoms with E-state index in [4.69, 9.17) is 0 Å². The van der Waals surface area contributed by atoms with Crippen LogP contribution in [0.15, 0.2) is 24.3 Å². The summed E-state index contributed by atoms with van der Waals surface area (Å²) >= 11 is 0. The third kappa shape index (κ3) is 1.78. The molecule has 16 heavy (non-hydrogen) atoms. The highest BCUT2D eigenvalue weighted by Gasteiger charge is 2.32. The number of fused-ring (bicyclic) bond motifs is 1. The predicted molar refractivity (Wildman–Crippen MR) is 67.5 cm³/mol. The Morgan fingerprint density at radius 3 is 2.88 bits per heavy atom. The Balaban J connectivity index is 1.65. The van der Waals surface area contributed by atoms with Crippen LogP contribution >= 0.6 is 0 Å². The monoisotopic (exact) mass is 215 g/mol. The van der Waals surface area contributed by atoms with Gasteiger partial charge in [-0.1, -0.05) is 37.6 Å². The summed E-state index contributed by atoms with van der Waals surface area (Å²) in [7, 11) is 0. The quantitative estimate of drug-likeness (QED) is 0.814. The van der Waals surface area contributed by atoms with Gasteiger partial charge in [-0.25, -0.2) is 0 Å². The zero-order valence-electron chi connectivity index (χ0n) is 10.1. The van der Waals surface area contributed by atoms with E-state index in [9.17, 15) is 0 Å². The molecule has 0 radical (unpaired) electrons. The van der Waals surface area contributed by atoms with Crippen molar-refractivity contribution < 1.29 is 0 Å². The molecule has 0 spiro atoms. The summed E-state index contributed by atoms with van der Waals surface area (Å²) in [6, 6.07) is 9.53. The summed E-state index contributed by atoms with van der Waals surface area (Å²) in [5, 5.41) is 3.78. The third-order valence-corrected chi connectivity index (χ3v) is 4.47. The van der Waals surface area contributed by atoms with Gasteiger partial charge in [-0.05, 0) is 42.2 Å². The second kappa shape index (κ2) is 3.89. The Hall–Kier alpha value is -0.820. The summed E-state index contributed by atoms with van der Waals surface area (Å²) in [6.07, 6.45) is 6.79. The average molecular weight is 215 g/mol. The second-order valence-electron chi connectivity index (χ2n) is 5.84. The molecule has 1 aromatic rings. The number of hydrogen-bond acceptors (Lipinski definition) is 1. The molecule has 86 valence electrons. The molecule has 1 aromatic carbocycles. The molecule has 0 saturated heterocycles. The second-order valence-corrected chi connectivity index (χ2v) is 5.84. The molecule has 2 aliphatic carbocycles. The number of hydrogen-bond donors (Lipinski definition) is 1. The van der Waals surface area contributed by atoms with Crippen molar-refractivity contribution in [2.45, 2.75) is 45.1 Å². The molecular weight excluding hydrogens is 194 g/mol. The maximum Gasteiger partial charge on any atom is 0.0326 e. The molecule has 2 aliphatic rings. The maximum absolute atomic E-state index is 3.78. The van der Waals surface area contributed by atoms with Gasteiger partial charge in [0.15, 0.2) is 0 Å². The molecule has 0 amide bonds. The van der Waals surface area contributed by atoms with E-state index in [0.717, 1.165) is 0 Å². The average Bonchev–Trinajstić information content (AvgIpc) is 2.67. The van der Waals surface area contributed by atoms with Crippen LogP contribution in [0.25, 0.3) is 0 Å². The molecule has 3 rings (SSSR count). The van der Waals surface area contributed by atoms with Gasteiger partial charge in [0.25, 0.3) is 0 Å². The van der Waals surface area contributed by atoms with Crippen LogP contribution in [0.2, 0.25) is 0 Å². The minimum atomic E-state index is 0.595. The van der Waals surface area contributed by atoms with Gasteiger partial charge in [0.2, 0.25) is 0 Å². The van der Waals surface area contributed by atoms with E-state index in [1.54, 1.807) is 11.1 Å². The third-order valence-electron chi connectivity index (χ3n) is 4.47. The Labute approximate surface area is 98.3 Å². The van der Waals surface area contributed by atoms with Gasteiger partial charge in [0, 0.05) is 12.6 Å². The molecule has 0 heterocycles. The largest absolute Gasteiger partial charge is 0.309 e. The van der Waals surface area contributed by atoms with Gasteiger partial charge in [0.05, 0.1) is 0 Å². The highest BCUT2D eigenvalue weighted by atomic mass is 14.9. The van der Waals surface area contributed by atoms with Crippen LogP contribution in [-0.4, -0.2) is 6.54 Å². The van der Waals surface area contributed by atoms with Gasteiger partial charge in [-0.15, -0.1) is 0 Å². The number of rotatable bonds is 3. The van der Waals surface area contributed by atoms with Crippen molar-refractivity contribution in [3.05, 3.63) is 35.4 Å². The molecule has 1 heteroatoms. The highest BCUT2D eigenvalue weighted by molar-refractivity contribution is 5.34. The van der Waals surface area contributed by atoms with Crippen LogP contribution in [0.3, 0.4) is 0 Å². The van der Waals surface area contributed by atoms with Crippen molar-refractivity contribution in [1.29, 1.82) is 0 Å². The van der Waals surface area contributed by atoms with E-state index in [1.165, 1.54) is 38.6 Å². The van der Waals surface area contributed by atoms with Gasteiger partial charge < -0.3 is 5.32 Å². The van der Waals surface area contributed by atoms with E-state index in [0.29, 0.717) is 11.5 Å². The van der Waals surface area contributed by atoms with Gasteiger partial charge >= 0.3 is 0 Å². The van der Waals surface area contributed by atoms with Crippen molar-refractivity contribution in [1.82, 2.24) is 5.32 Å². The lowest BCUT2D eigenvalue weighted by atomic mass is 9.70. The highest BCUT2D eigenvalue weighted by Crippen LogP contribution is 2.40. The van der Waals surface area contributed by atoms with Crippen molar-refractivity contribution in [3.63, 3.8) is 0 Å². The zero-order chi connectivity index (χ0) is 11.0. The molecule has 1 saturated carbocycles. The molecule has 1 nitrogen and oxygen atoms in total. The molecule has 1 atom stereocenters. The molecule has 0 aliphatic heterocycles. The Morgan fingerprint density at radius 2 is 2.12 bits per heavy atom. The van der Waals surface area contributed by atoms with Crippen LogP contribution in [0.5, 0.6) is 0 Å². The number of aryl methyl sites for hydroxylation is 1. The zero-order valence-corrected chi connectivity index (χ0v) is 10.1. The minimum Gasteiger partial charge on any atom is -0.309 e. The first-order valence-electron chi connectivity index (χ1n) is 6.58. The summed E-state index contributed by atoms with van der Waals surface area (Å²) in [5.74, 6) is 0. The Bertz CT molecular complexity index is 379. The lowest BCUT2D eigenvalue weighted by Gasteiger charge is -2.39. The van der Waals surface area contributed by atoms with Crippen LogP contribution < -0.4 is 5.32 Å². The lowest BCUT2D eigenvalue weighted by Crippen LogP contribution is -2.38. The molecule has 1 fully saturated rings. The van der Waals surface area contributed by atoms with Crippen LogP contribution in [0.1, 0.15) is 49.8 Å². The normalized spacial score (nSPS) is 26.2. The summed E-state index contributed by atoms with van der Waals surface area (Å²) in [6.45, 7) is 3.62. The topological polar surface area (TPSA) is 12.0 Å². The van der Waals surface area contributed by atoms with E-state index in [-0.39, 0.29) is 0 Å². The summed E-state index contributed by atoms with van der Waals surface area (Å²) in [5.41, 5.74) is 3.70. The lowest BCUT2D eigenvalue weighted by molar-refractivity contribution is 0.150. The molecule has 0 aromatic heterocycles. The van der Waals surface area contributed by atoms with Crippen LogP contribution in [0.4, 0.5) is 0 Å². The van der Waals surface area contributed by atoms with Gasteiger partial charge in [-0.3, -0.25) is 0 Å². The minimum absolute atomic E-state index is 0.595. The predicted octanol–water partition coefficient (Wildman–Crippen LogP) is 3.45. The fourth-order valence-corrected chi connectivity index (χ4v) is 3.10. The van der Waals surface area contributed by atoms with Crippen LogP contribution in [-0.2, 0) is 6.42 Å². The maximum atomic E-state index is 3.78. The van der Waals surface area contributed by atoms with E-state index in [2.05, 4.69) is 36.5 Å². The summed E-state index contributed by atoms with van der Waals surface area (Å²) < 4.78 is 0. The van der Waals surface area contributed by atoms with Crippen molar-refractivity contribution in [3.8, 4) is 0 Å². The number of benzene rings is 1. The fourth-order valence-electron chi connectivity index (χ4n) is 3.10. The SMILES string of the molecule is CC1(CNC2CCc3ccccc32)CCC1. The van der Waals surface area contributed by atoms with Crippen molar-refractivity contribution >= 4 is 0 Å². The fraction of sp³-hybridized carbons (Fsp3) is 0.600. The van der Waals surface area contributed by atoms with Gasteiger partial charge in [-0.2, -0.15) is 0 Å². The van der Waals surface area contributed by atoms with Crippen LogP contribution in [0, 0.1) is 5.41 Å². The van der Waals surface area contributed by atoms with Crippen molar-refractivity contribution in [2.24, 2.45) is 5.41 Å². The first kappa shape index (κ1) is 10.3. The molecule has 1 N–H and O–H groups in total. The van der Waals surface area contributed by atoms with Gasteiger partial charge in [0.1, 0.15) is 0 Å². The first-order valence-corrected chi connectivity index (χ1v) is 6.58.